The Kier molecular flexibility index (Phi) is 1.94. The molecule has 2 unspecified atom stereocenters. The van der Waals surface area contributed by atoms with Crippen molar-refractivity contribution in [2.75, 3.05) is 0 Å². The number of carbonyl (C=O) groups excluding carboxylic acids is 1. The highest BCUT2D eigenvalue weighted by molar-refractivity contribution is 6.05. The van der Waals surface area contributed by atoms with E-state index in [1.54, 1.807) is 6.92 Å². The van der Waals surface area contributed by atoms with Crippen LogP contribution in [0, 0.1) is 58.2 Å². The molecule has 0 aromatic heterocycles. The maximum Gasteiger partial charge on any atom is 0.179 e. The Hall–Kier alpha value is -2.05. The van der Waals surface area contributed by atoms with E-state index in [0.29, 0.717) is 5.57 Å². The number of ketones is 1. The fraction of sp³-hybridized carbons (Fsp3) is 0.462. The van der Waals surface area contributed by atoms with Gasteiger partial charge in [0.15, 0.2) is 5.78 Å². The summed E-state index contributed by atoms with van der Waals surface area (Å²) in [6.45, 7) is 3.56. The third-order valence-electron chi connectivity index (χ3n) is 3.97. The molecule has 16 heavy (non-hydrogen) atoms. The number of allylic oxidation sites excluding steroid dienone is 2. The Balaban J connectivity index is 2.64. The third-order valence-corrected chi connectivity index (χ3v) is 3.97. The van der Waals surface area contributed by atoms with Crippen LogP contribution in [0.25, 0.3) is 0 Å². The van der Waals surface area contributed by atoms with Crippen molar-refractivity contribution in [3.63, 3.8) is 0 Å². The van der Waals surface area contributed by atoms with Crippen molar-refractivity contribution >= 4 is 5.78 Å². The number of Topliss-reactive ketones (excluding diaryl/α,β-unsaturated/α-hetero) is 1. The van der Waals surface area contributed by atoms with E-state index in [1.807, 2.05) is 13.0 Å². The topological polar surface area (TPSA) is 64.7 Å². The number of hydrogen-bond donors (Lipinski definition) is 0. The fourth-order valence-corrected chi connectivity index (χ4v) is 3.15. The molecule has 4 atom stereocenters. The number of fused-ring (bicyclic) bond motifs is 1. The van der Waals surface area contributed by atoms with E-state index < -0.39 is 11.3 Å². The van der Waals surface area contributed by atoms with Crippen LogP contribution in [0.4, 0.5) is 0 Å². The molecule has 0 amide bonds. The van der Waals surface area contributed by atoms with Crippen LogP contribution in [0.2, 0.25) is 0 Å². The van der Waals surface area contributed by atoms with Crippen molar-refractivity contribution in [1.82, 2.24) is 0 Å². The Bertz CT molecular complexity index is 538. The summed E-state index contributed by atoms with van der Waals surface area (Å²) in [6, 6.07) is 4.06. The van der Waals surface area contributed by atoms with Crippen molar-refractivity contribution < 1.29 is 4.79 Å². The van der Waals surface area contributed by atoms with Gasteiger partial charge in [-0.3, -0.25) is 4.79 Å². The van der Waals surface area contributed by atoms with Crippen molar-refractivity contribution in [2.24, 2.45) is 23.2 Å². The Morgan fingerprint density at radius 1 is 1.38 bits per heavy atom. The molecule has 3 aliphatic carbocycles. The number of nitrogens with zero attached hydrogens (tertiary/aromatic N) is 2. The van der Waals surface area contributed by atoms with E-state index in [2.05, 4.69) is 12.0 Å². The summed E-state index contributed by atoms with van der Waals surface area (Å²) >= 11 is 0. The first-order valence-corrected chi connectivity index (χ1v) is 5.05. The summed E-state index contributed by atoms with van der Waals surface area (Å²) < 4.78 is 0. The van der Waals surface area contributed by atoms with Gasteiger partial charge in [-0.15, -0.1) is 6.42 Å². The number of nitriles is 2. The van der Waals surface area contributed by atoms with Gasteiger partial charge in [0, 0.05) is 11.3 Å². The normalized spacial score (nSPS) is 40.4. The summed E-state index contributed by atoms with van der Waals surface area (Å²) in [5.41, 5.74) is 0.304. The van der Waals surface area contributed by atoms with Gasteiger partial charge in [-0.25, -0.2) is 0 Å². The average Bonchev–Trinajstić information content (AvgIpc) is 2.25. The lowest BCUT2D eigenvalue weighted by Crippen LogP contribution is -2.61. The first-order valence-electron chi connectivity index (χ1n) is 5.05. The van der Waals surface area contributed by atoms with Gasteiger partial charge in [-0.05, 0) is 19.4 Å². The van der Waals surface area contributed by atoms with E-state index in [9.17, 15) is 4.79 Å². The van der Waals surface area contributed by atoms with Crippen LogP contribution >= 0.6 is 0 Å². The second-order valence-corrected chi connectivity index (χ2v) is 4.57. The molecule has 3 heteroatoms. The van der Waals surface area contributed by atoms with Gasteiger partial charge < -0.3 is 0 Å². The quantitative estimate of drug-likeness (QED) is 0.568. The minimum absolute atomic E-state index is 0.139. The molecule has 1 fully saturated rings. The van der Waals surface area contributed by atoms with Crippen LogP contribution in [0.5, 0.6) is 0 Å². The smallest absolute Gasteiger partial charge is 0.179 e. The van der Waals surface area contributed by atoms with Gasteiger partial charge in [-0.1, -0.05) is 5.92 Å². The SMILES string of the molecule is C#CC1(C)[C@@H]2C(=O)C(C#N)=C(C)[C@H]1C2C#N. The molecule has 2 bridgehead atoms. The predicted molar refractivity (Wildman–Crippen MR) is 56.3 cm³/mol. The van der Waals surface area contributed by atoms with E-state index >= 15 is 0 Å². The maximum atomic E-state index is 12.0. The van der Waals surface area contributed by atoms with Gasteiger partial charge in [0.1, 0.15) is 6.07 Å². The Morgan fingerprint density at radius 3 is 2.38 bits per heavy atom. The lowest BCUT2D eigenvalue weighted by molar-refractivity contribution is -0.137. The Morgan fingerprint density at radius 2 is 2.00 bits per heavy atom. The van der Waals surface area contributed by atoms with Crippen LogP contribution in [0.3, 0.4) is 0 Å². The summed E-state index contributed by atoms with van der Waals surface area (Å²) in [5.74, 6) is 1.39. The highest BCUT2D eigenvalue weighted by Crippen LogP contribution is 2.62. The van der Waals surface area contributed by atoms with Gasteiger partial charge in [0.2, 0.25) is 0 Å². The summed E-state index contributed by atoms with van der Waals surface area (Å²) in [7, 11) is 0. The van der Waals surface area contributed by atoms with Gasteiger partial charge >= 0.3 is 0 Å². The molecular weight excluding hydrogens is 200 g/mol. The molecule has 0 radical (unpaired) electrons. The van der Waals surface area contributed by atoms with Crippen molar-refractivity contribution in [2.45, 2.75) is 13.8 Å². The summed E-state index contributed by atoms with van der Waals surface area (Å²) in [6.07, 6.45) is 5.47. The second-order valence-electron chi connectivity index (χ2n) is 4.57. The van der Waals surface area contributed by atoms with Gasteiger partial charge in [0.05, 0.1) is 23.5 Å². The molecular formula is C13H10N2O. The van der Waals surface area contributed by atoms with E-state index in [0.717, 1.165) is 0 Å². The zero-order valence-electron chi connectivity index (χ0n) is 9.11. The second kappa shape index (κ2) is 2.97. The van der Waals surface area contributed by atoms with Crippen LogP contribution < -0.4 is 0 Å². The monoisotopic (exact) mass is 210 g/mol. The van der Waals surface area contributed by atoms with Crippen LogP contribution in [-0.2, 0) is 4.79 Å². The van der Waals surface area contributed by atoms with Crippen LogP contribution in [0.15, 0.2) is 11.1 Å². The summed E-state index contributed by atoms with van der Waals surface area (Å²) in [5, 5.41) is 17.9. The zero-order chi connectivity index (χ0) is 12.1. The van der Waals surface area contributed by atoms with Gasteiger partial charge in [0.25, 0.3) is 0 Å². The standard InChI is InChI=1S/C13H10N2O/c1-4-13(3)10-7(2)8(5-14)12(16)11(13)9(10)6-15/h1,9-11H,2-3H3/t9?,10-,11-,13?/m0/s1. The molecule has 0 aliphatic heterocycles. The van der Waals surface area contributed by atoms with Gasteiger partial charge in [-0.2, -0.15) is 10.5 Å². The molecule has 3 rings (SSSR count). The molecule has 0 saturated heterocycles. The van der Waals surface area contributed by atoms with Crippen molar-refractivity contribution in [3.8, 4) is 24.5 Å². The number of rotatable bonds is 0. The van der Waals surface area contributed by atoms with Crippen molar-refractivity contribution in [3.05, 3.63) is 11.1 Å². The average molecular weight is 210 g/mol. The molecule has 3 aliphatic rings. The number of hydrogen-bond acceptors (Lipinski definition) is 3. The first-order chi connectivity index (χ1) is 7.52. The predicted octanol–water partition coefficient (Wildman–Crippen LogP) is 1.43. The van der Waals surface area contributed by atoms with Crippen LogP contribution in [0.1, 0.15) is 13.8 Å². The molecule has 0 aromatic carbocycles. The minimum Gasteiger partial charge on any atom is -0.293 e. The fourth-order valence-electron chi connectivity index (χ4n) is 3.15. The maximum absolute atomic E-state index is 12.0. The Labute approximate surface area is 94.4 Å². The summed E-state index contributed by atoms with van der Waals surface area (Å²) in [4.78, 5) is 12.0. The number of terminal acetylenes is 1. The molecule has 0 aromatic rings. The lowest BCUT2D eigenvalue weighted by atomic mass is 9.41. The van der Waals surface area contributed by atoms with E-state index in [4.69, 9.17) is 16.9 Å². The molecule has 1 saturated carbocycles. The van der Waals surface area contributed by atoms with Crippen LogP contribution in [-0.4, -0.2) is 5.78 Å². The molecule has 3 nitrogen and oxygen atoms in total. The zero-order valence-corrected chi connectivity index (χ0v) is 9.11. The highest BCUT2D eigenvalue weighted by atomic mass is 16.1. The lowest BCUT2D eigenvalue weighted by Gasteiger charge is -2.57. The molecule has 0 N–H and O–H groups in total. The molecule has 0 spiro atoms. The highest BCUT2D eigenvalue weighted by Gasteiger charge is 2.66. The number of carbonyl (C=O) groups is 1. The first kappa shape index (κ1) is 10.5. The van der Waals surface area contributed by atoms with Crippen molar-refractivity contribution in [1.29, 1.82) is 10.5 Å². The molecule has 78 valence electrons. The van der Waals surface area contributed by atoms with E-state index in [1.165, 1.54) is 0 Å². The minimum atomic E-state index is -0.581. The third kappa shape index (κ3) is 0.854. The van der Waals surface area contributed by atoms with E-state index in [-0.39, 0.29) is 23.2 Å². The largest absolute Gasteiger partial charge is 0.293 e. The molecule has 0 heterocycles.